The fraction of sp³-hybridized carbons (Fsp3) is 0.929. The summed E-state index contributed by atoms with van der Waals surface area (Å²) >= 11 is 0. The van der Waals surface area contributed by atoms with E-state index in [-0.39, 0.29) is 6.17 Å². The van der Waals surface area contributed by atoms with Crippen LogP contribution in [0.1, 0.15) is 46.5 Å². The molecular formula is C14H26N2O. The zero-order valence-electron chi connectivity index (χ0n) is 11.4. The minimum Gasteiger partial charge on any atom is -0.326 e. The van der Waals surface area contributed by atoms with Crippen LogP contribution >= 0.6 is 0 Å². The molecule has 0 radical (unpaired) electrons. The molecule has 1 aliphatic carbocycles. The lowest BCUT2D eigenvalue weighted by atomic mass is 9.97. The van der Waals surface area contributed by atoms with Gasteiger partial charge in [0.25, 0.3) is 0 Å². The molecule has 3 heteroatoms. The van der Waals surface area contributed by atoms with Crippen LogP contribution in [0.15, 0.2) is 0 Å². The number of hydrogen-bond acceptors (Lipinski definition) is 2. The fourth-order valence-corrected chi connectivity index (χ4v) is 3.22. The second-order valence-corrected chi connectivity index (χ2v) is 6.24. The maximum atomic E-state index is 11.9. The lowest BCUT2D eigenvalue weighted by Gasteiger charge is -2.29. The number of carbonyl (C=O) groups is 1. The number of hydrogen-bond donors (Lipinski definition) is 1. The van der Waals surface area contributed by atoms with Crippen LogP contribution in [-0.4, -0.2) is 30.1 Å². The van der Waals surface area contributed by atoms with Crippen molar-refractivity contribution in [3.63, 3.8) is 0 Å². The molecule has 1 heterocycles. The highest BCUT2D eigenvalue weighted by molar-refractivity contribution is 5.80. The van der Waals surface area contributed by atoms with Crippen LogP contribution in [0, 0.1) is 17.8 Å². The third-order valence-electron chi connectivity index (χ3n) is 4.35. The Hall–Kier alpha value is -0.570. The predicted molar refractivity (Wildman–Crippen MR) is 69.5 cm³/mol. The molecule has 0 aromatic rings. The van der Waals surface area contributed by atoms with Gasteiger partial charge in [0.1, 0.15) is 0 Å². The molecule has 1 saturated carbocycles. The summed E-state index contributed by atoms with van der Waals surface area (Å²) in [6.07, 6.45) is 5.35. The van der Waals surface area contributed by atoms with Crippen molar-refractivity contribution in [2.75, 3.05) is 13.1 Å². The van der Waals surface area contributed by atoms with Gasteiger partial charge in [-0.25, -0.2) is 0 Å². The summed E-state index contributed by atoms with van der Waals surface area (Å²) in [5, 5.41) is 3.35. The first-order chi connectivity index (χ1) is 8.08. The first-order valence-corrected chi connectivity index (χ1v) is 7.10. The molecule has 0 bridgehead atoms. The molecule has 2 fully saturated rings. The largest absolute Gasteiger partial charge is 0.326 e. The van der Waals surface area contributed by atoms with E-state index in [1.807, 2.05) is 0 Å². The van der Waals surface area contributed by atoms with Crippen molar-refractivity contribution >= 4 is 5.91 Å². The fourth-order valence-electron chi connectivity index (χ4n) is 3.22. The third-order valence-corrected chi connectivity index (χ3v) is 4.35. The predicted octanol–water partition coefficient (Wildman–Crippen LogP) is 2.23. The van der Waals surface area contributed by atoms with Crippen molar-refractivity contribution in [2.24, 2.45) is 17.8 Å². The maximum absolute atomic E-state index is 11.9. The van der Waals surface area contributed by atoms with Gasteiger partial charge in [-0.3, -0.25) is 10.1 Å². The Labute approximate surface area is 105 Å². The van der Waals surface area contributed by atoms with E-state index in [1.165, 1.54) is 19.3 Å². The van der Waals surface area contributed by atoms with Gasteiger partial charge < -0.3 is 4.90 Å². The van der Waals surface area contributed by atoms with Gasteiger partial charge in [-0.1, -0.05) is 33.6 Å². The Morgan fingerprint density at radius 1 is 1.41 bits per heavy atom. The normalized spacial score (nSPS) is 34.0. The zero-order valence-corrected chi connectivity index (χ0v) is 11.4. The van der Waals surface area contributed by atoms with Gasteiger partial charge in [-0.15, -0.1) is 0 Å². The maximum Gasteiger partial charge on any atom is 0.237 e. The molecule has 98 valence electrons. The first-order valence-electron chi connectivity index (χ1n) is 7.10. The van der Waals surface area contributed by atoms with Crippen LogP contribution in [0.2, 0.25) is 0 Å². The van der Waals surface area contributed by atoms with Crippen LogP contribution in [0.25, 0.3) is 0 Å². The Morgan fingerprint density at radius 3 is 2.76 bits per heavy atom. The standard InChI is InChI=1S/C14H26N2O/c1-10(2)7-13-15-8-14(17)16(13)9-12-6-4-5-11(12)3/h10-13,15H,4-9H2,1-3H3. The van der Waals surface area contributed by atoms with Gasteiger partial charge in [0, 0.05) is 6.54 Å². The molecule has 1 saturated heterocycles. The average molecular weight is 238 g/mol. The van der Waals surface area contributed by atoms with E-state index in [9.17, 15) is 4.79 Å². The molecule has 1 amide bonds. The van der Waals surface area contributed by atoms with Gasteiger partial charge in [-0.2, -0.15) is 0 Å². The molecular weight excluding hydrogens is 212 g/mol. The number of rotatable bonds is 4. The Kier molecular flexibility index (Phi) is 4.08. The lowest BCUT2D eigenvalue weighted by Crippen LogP contribution is -2.41. The molecule has 1 aliphatic heterocycles. The van der Waals surface area contributed by atoms with Gasteiger partial charge in [0.2, 0.25) is 5.91 Å². The highest BCUT2D eigenvalue weighted by Gasteiger charge is 2.34. The average Bonchev–Trinajstić information content (AvgIpc) is 2.79. The van der Waals surface area contributed by atoms with Crippen molar-refractivity contribution in [1.82, 2.24) is 10.2 Å². The highest BCUT2D eigenvalue weighted by Crippen LogP contribution is 2.32. The topological polar surface area (TPSA) is 32.3 Å². The summed E-state index contributed by atoms with van der Waals surface area (Å²) in [6.45, 7) is 8.30. The second-order valence-electron chi connectivity index (χ2n) is 6.24. The van der Waals surface area contributed by atoms with Crippen molar-refractivity contribution < 1.29 is 4.79 Å². The molecule has 0 aromatic carbocycles. The summed E-state index contributed by atoms with van der Waals surface area (Å²) in [5.74, 6) is 2.47. The SMILES string of the molecule is CC(C)CC1NCC(=O)N1CC1CCCC1C. The van der Waals surface area contributed by atoms with E-state index in [2.05, 4.69) is 31.0 Å². The van der Waals surface area contributed by atoms with Crippen molar-refractivity contribution in [2.45, 2.75) is 52.6 Å². The van der Waals surface area contributed by atoms with Crippen LogP contribution in [0.5, 0.6) is 0 Å². The molecule has 3 unspecified atom stereocenters. The molecule has 0 aromatic heterocycles. The summed E-state index contributed by atoms with van der Waals surface area (Å²) < 4.78 is 0. The smallest absolute Gasteiger partial charge is 0.237 e. The van der Waals surface area contributed by atoms with Crippen molar-refractivity contribution in [3.05, 3.63) is 0 Å². The first kappa shape index (κ1) is 12.9. The molecule has 0 spiro atoms. The number of nitrogens with one attached hydrogen (secondary N) is 1. The van der Waals surface area contributed by atoms with Crippen LogP contribution in [0.3, 0.4) is 0 Å². The second kappa shape index (κ2) is 5.38. The summed E-state index contributed by atoms with van der Waals surface area (Å²) in [6, 6.07) is 0. The number of carbonyl (C=O) groups excluding carboxylic acids is 1. The summed E-state index contributed by atoms with van der Waals surface area (Å²) in [7, 11) is 0. The molecule has 2 aliphatic rings. The third kappa shape index (κ3) is 3.01. The van der Waals surface area contributed by atoms with Crippen LogP contribution in [-0.2, 0) is 4.79 Å². The highest BCUT2D eigenvalue weighted by atomic mass is 16.2. The molecule has 3 atom stereocenters. The molecule has 2 rings (SSSR count). The summed E-state index contributed by atoms with van der Waals surface area (Å²) in [4.78, 5) is 14.0. The quantitative estimate of drug-likeness (QED) is 0.814. The zero-order chi connectivity index (χ0) is 12.4. The van der Waals surface area contributed by atoms with Crippen molar-refractivity contribution in [3.8, 4) is 0 Å². The molecule has 1 N–H and O–H groups in total. The van der Waals surface area contributed by atoms with Gasteiger partial charge >= 0.3 is 0 Å². The van der Waals surface area contributed by atoms with E-state index >= 15 is 0 Å². The van der Waals surface area contributed by atoms with Crippen LogP contribution in [0.4, 0.5) is 0 Å². The lowest BCUT2D eigenvalue weighted by molar-refractivity contribution is -0.128. The van der Waals surface area contributed by atoms with E-state index < -0.39 is 0 Å². The Bertz CT molecular complexity index is 277. The number of amides is 1. The summed E-state index contributed by atoms with van der Waals surface area (Å²) in [5.41, 5.74) is 0. The van der Waals surface area contributed by atoms with Crippen LogP contribution < -0.4 is 5.32 Å². The number of nitrogens with zero attached hydrogens (tertiary/aromatic N) is 1. The van der Waals surface area contributed by atoms with E-state index in [4.69, 9.17) is 0 Å². The van der Waals surface area contributed by atoms with Gasteiger partial charge in [0.05, 0.1) is 12.7 Å². The monoisotopic (exact) mass is 238 g/mol. The minimum absolute atomic E-state index is 0.287. The minimum atomic E-state index is 0.287. The van der Waals surface area contributed by atoms with Gasteiger partial charge in [-0.05, 0) is 30.6 Å². The van der Waals surface area contributed by atoms with E-state index in [0.717, 1.165) is 24.8 Å². The molecule has 3 nitrogen and oxygen atoms in total. The van der Waals surface area contributed by atoms with Crippen molar-refractivity contribution in [1.29, 1.82) is 0 Å². The Balaban J connectivity index is 1.94. The molecule has 17 heavy (non-hydrogen) atoms. The van der Waals surface area contributed by atoms with Gasteiger partial charge in [0.15, 0.2) is 0 Å². The van der Waals surface area contributed by atoms with E-state index in [0.29, 0.717) is 18.4 Å². The Morgan fingerprint density at radius 2 is 2.18 bits per heavy atom. The van der Waals surface area contributed by atoms with E-state index in [1.54, 1.807) is 0 Å².